The van der Waals surface area contributed by atoms with Gasteiger partial charge in [0.25, 0.3) is 5.91 Å². The molecule has 36 heavy (non-hydrogen) atoms. The molecule has 4 aromatic rings. The van der Waals surface area contributed by atoms with Crippen molar-refractivity contribution in [1.29, 1.82) is 0 Å². The number of carbonyl (C=O) groups excluding carboxylic acids is 1. The minimum absolute atomic E-state index is 0.0922. The number of aromatic carboxylic acids is 1. The molecule has 3 aromatic carbocycles. The molecule has 0 saturated carbocycles. The van der Waals surface area contributed by atoms with E-state index in [2.05, 4.69) is 24.5 Å². The summed E-state index contributed by atoms with van der Waals surface area (Å²) in [6.07, 6.45) is 0. The Morgan fingerprint density at radius 1 is 1.00 bits per heavy atom. The number of carboxylic acid groups (broad SMARTS) is 1. The summed E-state index contributed by atoms with van der Waals surface area (Å²) in [5, 5.41) is 15.4. The van der Waals surface area contributed by atoms with E-state index < -0.39 is 5.97 Å². The van der Waals surface area contributed by atoms with Crippen LogP contribution in [-0.2, 0) is 0 Å². The molecule has 0 unspecified atom stereocenters. The molecule has 0 aliphatic rings. The van der Waals surface area contributed by atoms with Gasteiger partial charge in [0.05, 0.1) is 28.9 Å². The highest BCUT2D eigenvalue weighted by molar-refractivity contribution is 7.80. The maximum atomic E-state index is 13.3. The van der Waals surface area contributed by atoms with Gasteiger partial charge >= 0.3 is 5.97 Å². The first-order valence-electron chi connectivity index (χ1n) is 11.4. The maximum absolute atomic E-state index is 13.3. The third-order valence-electron chi connectivity index (χ3n) is 5.29. The van der Waals surface area contributed by atoms with Crippen LogP contribution in [0.15, 0.2) is 78.9 Å². The Morgan fingerprint density at radius 3 is 2.47 bits per heavy atom. The molecule has 8 heteroatoms. The van der Waals surface area contributed by atoms with Crippen LogP contribution in [0.5, 0.6) is 5.75 Å². The second-order valence-corrected chi connectivity index (χ2v) is 9.00. The van der Waals surface area contributed by atoms with Crippen molar-refractivity contribution in [2.75, 3.05) is 11.9 Å². The molecule has 1 aromatic heterocycles. The zero-order valence-electron chi connectivity index (χ0n) is 19.8. The molecular weight excluding hydrogens is 474 g/mol. The number of ether oxygens (including phenoxy) is 1. The number of rotatable bonds is 7. The van der Waals surface area contributed by atoms with Crippen molar-refractivity contribution < 1.29 is 19.4 Å². The van der Waals surface area contributed by atoms with Crippen LogP contribution in [-0.4, -0.2) is 33.7 Å². The summed E-state index contributed by atoms with van der Waals surface area (Å²) in [5.41, 5.74) is 3.28. The van der Waals surface area contributed by atoms with Gasteiger partial charge in [0.1, 0.15) is 5.75 Å². The van der Waals surface area contributed by atoms with Crippen molar-refractivity contribution in [2.45, 2.75) is 13.8 Å². The molecule has 182 valence electrons. The topological polar surface area (TPSA) is 101 Å². The molecule has 0 atom stereocenters. The number of hydrogen-bond donors (Lipinski definition) is 3. The van der Waals surface area contributed by atoms with Gasteiger partial charge in [0.15, 0.2) is 5.11 Å². The Kier molecular flexibility index (Phi) is 7.56. The fourth-order valence-corrected chi connectivity index (χ4v) is 3.76. The number of aromatic nitrogens is 1. The number of carbonyl (C=O) groups is 2. The quantitative estimate of drug-likeness (QED) is 0.278. The molecule has 0 aliphatic heterocycles. The van der Waals surface area contributed by atoms with E-state index in [9.17, 15) is 9.59 Å². The van der Waals surface area contributed by atoms with Crippen LogP contribution in [0.1, 0.15) is 34.6 Å². The second kappa shape index (κ2) is 11.0. The number of anilines is 1. The highest BCUT2D eigenvalue weighted by atomic mass is 32.1. The summed E-state index contributed by atoms with van der Waals surface area (Å²) in [6.45, 7) is 4.78. The van der Waals surface area contributed by atoms with Crippen LogP contribution in [0, 0.1) is 5.92 Å². The number of nitrogens with zero attached hydrogens (tertiary/aromatic N) is 1. The zero-order chi connectivity index (χ0) is 25.7. The molecule has 0 radical (unpaired) electrons. The highest BCUT2D eigenvalue weighted by Gasteiger charge is 2.16. The Balaban J connectivity index is 1.59. The Labute approximate surface area is 214 Å². The lowest BCUT2D eigenvalue weighted by atomic mass is 10.0. The first-order valence-corrected chi connectivity index (χ1v) is 11.8. The summed E-state index contributed by atoms with van der Waals surface area (Å²) >= 11 is 5.32. The monoisotopic (exact) mass is 499 g/mol. The number of carboxylic acids is 1. The first-order chi connectivity index (χ1) is 17.3. The van der Waals surface area contributed by atoms with Gasteiger partial charge in [0.2, 0.25) is 0 Å². The van der Waals surface area contributed by atoms with Crippen LogP contribution >= 0.6 is 12.2 Å². The van der Waals surface area contributed by atoms with Gasteiger partial charge in [-0.05, 0) is 66.7 Å². The van der Waals surface area contributed by atoms with E-state index in [0.717, 1.165) is 11.3 Å². The van der Waals surface area contributed by atoms with E-state index in [1.807, 2.05) is 48.5 Å². The normalized spacial score (nSPS) is 10.8. The summed E-state index contributed by atoms with van der Waals surface area (Å²) in [6, 6.07) is 22.9. The number of fused-ring (bicyclic) bond motifs is 1. The first kappa shape index (κ1) is 24.8. The summed E-state index contributed by atoms with van der Waals surface area (Å²) in [5.74, 6) is -0.270. The molecule has 4 rings (SSSR count). The lowest BCUT2D eigenvalue weighted by Crippen LogP contribution is -2.34. The fraction of sp³-hybridized carbons (Fsp3) is 0.143. The van der Waals surface area contributed by atoms with E-state index in [1.54, 1.807) is 18.2 Å². The molecule has 0 aliphatic carbocycles. The minimum atomic E-state index is -1.02. The van der Waals surface area contributed by atoms with Crippen LogP contribution in [0.3, 0.4) is 0 Å². The highest BCUT2D eigenvalue weighted by Crippen LogP contribution is 2.27. The summed E-state index contributed by atoms with van der Waals surface area (Å²) < 4.78 is 5.86. The van der Waals surface area contributed by atoms with Gasteiger partial charge in [-0.25, -0.2) is 9.78 Å². The number of para-hydroxylation sites is 1. The lowest BCUT2D eigenvalue weighted by molar-refractivity contribution is 0.0696. The van der Waals surface area contributed by atoms with E-state index in [4.69, 9.17) is 27.0 Å². The standard InChI is InChI=1S/C28H25N3O4S/c1-17(2)16-35-21-7-5-6-19(14-21)25-15-23(22-8-3-4-9-24(22)30-25)26(32)31-28(36)29-20-12-10-18(11-13-20)27(33)34/h3-15,17H,16H2,1-2H3,(H,33,34)(H2,29,31,32,36). The van der Waals surface area contributed by atoms with E-state index in [-0.39, 0.29) is 16.6 Å². The van der Waals surface area contributed by atoms with Crippen LogP contribution < -0.4 is 15.4 Å². The second-order valence-electron chi connectivity index (χ2n) is 8.60. The van der Waals surface area contributed by atoms with Crippen LogP contribution in [0.25, 0.3) is 22.2 Å². The van der Waals surface area contributed by atoms with Gasteiger partial charge in [0, 0.05) is 16.6 Å². The van der Waals surface area contributed by atoms with Crippen LogP contribution in [0.4, 0.5) is 5.69 Å². The van der Waals surface area contributed by atoms with E-state index in [1.165, 1.54) is 12.1 Å². The molecule has 0 saturated heterocycles. The van der Waals surface area contributed by atoms with Crippen molar-refractivity contribution in [3.05, 3.63) is 90.0 Å². The Hall–Kier alpha value is -4.30. The molecule has 1 heterocycles. The van der Waals surface area contributed by atoms with Crippen molar-refractivity contribution in [1.82, 2.24) is 10.3 Å². The molecule has 0 fully saturated rings. The number of amides is 1. The average Bonchev–Trinajstić information content (AvgIpc) is 2.87. The van der Waals surface area contributed by atoms with E-state index >= 15 is 0 Å². The molecular formula is C28H25N3O4S. The molecule has 7 nitrogen and oxygen atoms in total. The van der Waals surface area contributed by atoms with Crippen molar-refractivity contribution in [3.63, 3.8) is 0 Å². The summed E-state index contributed by atoms with van der Waals surface area (Å²) in [4.78, 5) is 29.1. The van der Waals surface area contributed by atoms with E-state index in [0.29, 0.717) is 40.4 Å². The number of nitrogens with one attached hydrogen (secondary N) is 2. The Bertz CT molecular complexity index is 1430. The lowest BCUT2D eigenvalue weighted by Gasteiger charge is -2.13. The van der Waals surface area contributed by atoms with Gasteiger partial charge < -0.3 is 15.2 Å². The summed E-state index contributed by atoms with van der Waals surface area (Å²) in [7, 11) is 0. The zero-order valence-corrected chi connectivity index (χ0v) is 20.6. The smallest absolute Gasteiger partial charge is 0.335 e. The van der Waals surface area contributed by atoms with Gasteiger partial charge in [-0.2, -0.15) is 0 Å². The number of hydrogen-bond acceptors (Lipinski definition) is 5. The average molecular weight is 500 g/mol. The third-order valence-corrected chi connectivity index (χ3v) is 5.49. The SMILES string of the molecule is CC(C)COc1cccc(-c2cc(C(=O)NC(=S)Nc3ccc(C(=O)O)cc3)c3ccccc3n2)c1. The Morgan fingerprint density at radius 2 is 1.75 bits per heavy atom. The molecule has 0 bridgehead atoms. The van der Waals surface area contributed by atoms with Crippen molar-refractivity contribution >= 4 is 45.8 Å². The number of thiocarbonyl (C=S) groups is 1. The van der Waals surface area contributed by atoms with Crippen molar-refractivity contribution in [3.8, 4) is 17.0 Å². The van der Waals surface area contributed by atoms with Crippen molar-refractivity contribution in [2.24, 2.45) is 5.92 Å². The molecule has 0 spiro atoms. The predicted octanol–water partition coefficient (Wildman–Crippen LogP) is 5.76. The van der Waals surface area contributed by atoms with Gasteiger partial charge in [-0.3, -0.25) is 10.1 Å². The number of pyridine rings is 1. The van der Waals surface area contributed by atoms with Crippen LogP contribution in [0.2, 0.25) is 0 Å². The minimum Gasteiger partial charge on any atom is -0.493 e. The van der Waals surface area contributed by atoms with Gasteiger partial charge in [-0.15, -0.1) is 0 Å². The fourth-order valence-electron chi connectivity index (χ4n) is 3.55. The number of benzene rings is 3. The largest absolute Gasteiger partial charge is 0.493 e. The predicted molar refractivity (Wildman–Crippen MR) is 145 cm³/mol. The van der Waals surface area contributed by atoms with Gasteiger partial charge in [-0.1, -0.05) is 44.2 Å². The third kappa shape index (κ3) is 6.03. The maximum Gasteiger partial charge on any atom is 0.335 e. The molecule has 1 amide bonds. The molecule has 3 N–H and O–H groups in total.